The number of rotatable bonds is 4. The molecule has 1 N–H and O–H groups in total. The Morgan fingerprint density at radius 3 is 2.81 bits per heavy atom. The van der Waals surface area contributed by atoms with Crippen molar-refractivity contribution in [2.24, 2.45) is 0 Å². The molecule has 0 amide bonds. The highest BCUT2D eigenvalue weighted by Gasteiger charge is 2.32. The maximum atomic E-state index is 5.63. The van der Waals surface area contributed by atoms with Gasteiger partial charge in [0.15, 0.2) is 5.11 Å². The predicted octanol–water partition coefficient (Wildman–Crippen LogP) is 3.85. The van der Waals surface area contributed by atoms with Crippen molar-refractivity contribution in [1.82, 2.24) is 14.5 Å². The Kier molecular flexibility index (Phi) is 4.76. The number of hydrogen-bond donors (Lipinski definition) is 1. The molecule has 4 nitrogen and oxygen atoms in total. The van der Waals surface area contributed by atoms with Crippen LogP contribution in [0.15, 0.2) is 30.5 Å². The van der Waals surface area contributed by atoms with Gasteiger partial charge in [-0.1, -0.05) is 25.1 Å². The van der Waals surface area contributed by atoms with E-state index >= 15 is 0 Å². The number of nitrogens with one attached hydrogen (secondary N) is 1. The molecule has 5 heteroatoms. The quantitative estimate of drug-likeness (QED) is 0.828. The van der Waals surface area contributed by atoms with Crippen LogP contribution in [-0.4, -0.2) is 51.8 Å². The first-order valence-electron chi connectivity index (χ1n) is 9.81. The molecule has 1 aromatic carbocycles. The maximum Gasteiger partial charge on any atom is 0.188 e. The highest BCUT2D eigenvalue weighted by Crippen LogP contribution is 2.40. The van der Waals surface area contributed by atoms with Gasteiger partial charge in [-0.3, -0.25) is 15.0 Å². The highest BCUT2D eigenvalue weighted by molar-refractivity contribution is 7.80. The van der Waals surface area contributed by atoms with E-state index in [1.165, 1.54) is 34.1 Å². The molecular weight excluding hydrogens is 340 g/mol. The summed E-state index contributed by atoms with van der Waals surface area (Å²) < 4.78 is 2.13. The third-order valence-corrected chi connectivity index (χ3v) is 6.24. The van der Waals surface area contributed by atoms with E-state index in [1.807, 2.05) is 0 Å². The van der Waals surface area contributed by atoms with E-state index in [0.717, 1.165) is 37.6 Å². The maximum absolute atomic E-state index is 5.63. The number of fused-ring (bicyclic) bond motifs is 2. The Balaban J connectivity index is 1.76. The first kappa shape index (κ1) is 17.6. The van der Waals surface area contributed by atoms with E-state index in [-0.39, 0.29) is 0 Å². The largest absolute Gasteiger partial charge is 0.348 e. The van der Waals surface area contributed by atoms with Crippen LogP contribution >= 0.6 is 12.2 Å². The molecule has 1 aromatic heterocycles. The zero-order valence-corrected chi connectivity index (χ0v) is 16.8. The van der Waals surface area contributed by atoms with Gasteiger partial charge < -0.3 is 4.90 Å². The molecule has 2 aliphatic rings. The molecule has 0 saturated carbocycles. The Morgan fingerprint density at radius 2 is 2.08 bits per heavy atom. The van der Waals surface area contributed by atoms with Gasteiger partial charge in [0.05, 0.1) is 5.52 Å². The molecule has 138 valence electrons. The monoisotopic (exact) mass is 368 g/mol. The van der Waals surface area contributed by atoms with Crippen LogP contribution in [0.1, 0.15) is 38.3 Å². The minimum absolute atomic E-state index is 0.512. The predicted molar refractivity (Wildman–Crippen MR) is 114 cm³/mol. The minimum Gasteiger partial charge on any atom is -0.348 e. The zero-order valence-electron chi connectivity index (χ0n) is 16.0. The van der Waals surface area contributed by atoms with E-state index in [9.17, 15) is 0 Å². The van der Waals surface area contributed by atoms with Crippen LogP contribution in [0.3, 0.4) is 0 Å². The second kappa shape index (κ2) is 7.05. The fourth-order valence-corrected chi connectivity index (χ4v) is 4.89. The first-order chi connectivity index (χ1) is 12.7. The topological polar surface area (TPSA) is 23.4 Å². The van der Waals surface area contributed by atoms with Crippen LogP contribution in [0.25, 0.3) is 16.5 Å². The van der Waals surface area contributed by atoms with Crippen LogP contribution in [0, 0.1) is 0 Å². The van der Waals surface area contributed by atoms with Crippen molar-refractivity contribution in [2.75, 3.05) is 31.6 Å². The average molecular weight is 369 g/mol. The molecule has 0 fully saturated rings. The Bertz CT molecular complexity index is 862. The summed E-state index contributed by atoms with van der Waals surface area (Å²) in [6.45, 7) is 10.7. The van der Waals surface area contributed by atoms with E-state index in [1.54, 1.807) is 0 Å². The van der Waals surface area contributed by atoms with Crippen LogP contribution in [0.4, 0.5) is 0 Å². The Hall–Kier alpha value is -1.85. The lowest BCUT2D eigenvalue weighted by Gasteiger charge is -2.38. The van der Waals surface area contributed by atoms with Crippen molar-refractivity contribution < 1.29 is 0 Å². The standard InChI is InChI=1S/C21H28N4S/c1-4-23(5-2)21(26)22-25-14-15-13-19-16(10-8-12-24(19)6-3)17-9-7-11-18(25)20(15)17/h7,9-11,14,19H,4-6,8,12-13H2,1-3H3,(H,22,26)/t19-/m1/s1. The zero-order chi connectivity index (χ0) is 18.3. The molecule has 2 heterocycles. The molecule has 1 aliphatic carbocycles. The van der Waals surface area contributed by atoms with Crippen molar-refractivity contribution in [3.8, 4) is 0 Å². The van der Waals surface area contributed by atoms with E-state index in [4.69, 9.17) is 12.2 Å². The molecule has 2 aromatic rings. The van der Waals surface area contributed by atoms with Crippen molar-refractivity contribution in [3.63, 3.8) is 0 Å². The van der Waals surface area contributed by atoms with Crippen molar-refractivity contribution in [3.05, 3.63) is 41.6 Å². The van der Waals surface area contributed by atoms with Gasteiger partial charge in [0.2, 0.25) is 0 Å². The minimum atomic E-state index is 0.512. The summed E-state index contributed by atoms with van der Waals surface area (Å²) >= 11 is 5.63. The first-order valence-corrected chi connectivity index (χ1v) is 10.2. The molecular formula is C21H28N4S. The lowest BCUT2D eigenvalue weighted by Crippen LogP contribution is -2.41. The van der Waals surface area contributed by atoms with Gasteiger partial charge >= 0.3 is 0 Å². The van der Waals surface area contributed by atoms with E-state index < -0.39 is 0 Å². The third kappa shape index (κ3) is 2.74. The van der Waals surface area contributed by atoms with Crippen molar-refractivity contribution in [2.45, 2.75) is 39.7 Å². The van der Waals surface area contributed by atoms with E-state index in [2.05, 4.69) is 71.1 Å². The van der Waals surface area contributed by atoms with Crippen molar-refractivity contribution >= 4 is 33.8 Å². The van der Waals surface area contributed by atoms with Crippen LogP contribution in [-0.2, 0) is 6.42 Å². The van der Waals surface area contributed by atoms with Crippen LogP contribution in [0.5, 0.6) is 0 Å². The second-order valence-electron chi connectivity index (χ2n) is 7.11. The van der Waals surface area contributed by atoms with Crippen LogP contribution in [0.2, 0.25) is 0 Å². The van der Waals surface area contributed by atoms with Gasteiger partial charge in [0, 0.05) is 37.3 Å². The van der Waals surface area contributed by atoms with Gasteiger partial charge in [0.1, 0.15) is 0 Å². The summed E-state index contributed by atoms with van der Waals surface area (Å²) in [6.07, 6.45) is 6.94. The molecule has 0 spiro atoms. The second-order valence-corrected chi connectivity index (χ2v) is 7.50. The summed E-state index contributed by atoms with van der Waals surface area (Å²) in [7, 11) is 0. The average Bonchev–Trinajstić information content (AvgIpc) is 3.01. The van der Waals surface area contributed by atoms with Gasteiger partial charge in [-0.05, 0) is 68.2 Å². The number of thiocarbonyl (C=S) groups is 1. The summed E-state index contributed by atoms with van der Waals surface area (Å²) in [5.41, 5.74) is 9.01. The fourth-order valence-electron chi connectivity index (χ4n) is 4.53. The Labute approximate surface area is 161 Å². The number of hydrogen-bond acceptors (Lipinski definition) is 2. The van der Waals surface area contributed by atoms with E-state index in [0.29, 0.717) is 6.04 Å². The number of nitrogens with zero attached hydrogens (tertiary/aromatic N) is 3. The lowest BCUT2D eigenvalue weighted by molar-refractivity contribution is 0.241. The fraction of sp³-hybridized carbons (Fsp3) is 0.476. The number of benzene rings is 1. The number of likely N-dealkylation sites (N-methyl/N-ethyl adjacent to an activating group) is 1. The summed E-state index contributed by atoms with van der Waals surface area (Å²) in [6, 6.07) is 7.17. The lowest BCUT2D eigenvalue weighted by atomic mass is 9.82. The SMILES string of the molecule is CCN(CC)C(=S)Nn1cc2c3c(cccc31)C1=CCCN(CC)[C@@H]1C2. The smallest absolute Gasteiger partial charge is 0.188 e. The summed E-state index contributed by atoms with van der Waals surface area (Å²) in [5.74, 6) is 0. The van der Waals surface area contributed by atoms with Gasteiger partial charge in [0.25, 0.3) is 0 Å². The molecule has 0 unspecified atom stereocenters. The van der Waals surface area contributed by atoms with Gasteiger partial charge in [-0.2, -0.15) is 0 Å². The molecule has 1 atom stereocenters. The summed E-state index contributed by atoms with van der Waals surface area (Å²) in [4.78, 5) is 4.79. The normalized spacial score (nSPS) is 19.2. The van der Waals surface area contributed by atoms with Gasteiger partial charge in [-0.15, -0.1) is 0 Å². The highest BCUT2D eigenvalue weighted by atomic mass is 32.1. The molecule has 0 saturated heterocycles. The molecule has 0 bridgehead atoms. The van der Waals surface area contributed by atoms with Crippen LogP contribution < -0.4 is 5.43 Å². The molecule has 1 aliphatic heterocycles. The Morgan fingerprint density at radius 1 is 1.27 bits per heavy atom. The molecule has 26 heavy (non-hydrogen) atoms. The summed E-state index contributed by atoms with van der Waals surface area (Å²) in [5, 5.41) is 2.18. The number of aromatic nitrogens is 1. The molecule has 4 rings (SSSR count). The molecule has 0 radical (unpaired) electrons. The van der Waals surface area contributed by atoms with Gasteiger partial charge in [-0.25, -0.2) is 0 Å². The van der Waals surface area contributed by atoms with Crippen molar-refractivity contribution in [1.29, 1.82) is 0 Å². The third-order valence-electron chi connectivity index (χ3n) is 5.89.